The number of hydrogen-bond donors (Lipinski definition) is 1. The number of fused-ring (bicyclic) bond motifs is 1. The summed E-state index contributed by atoms with van der Waals surface area (Å²) in [6.45, 7) is 1.48. The molecule has 1 atom stereocenters. The third kappa shape index (κ3) is 7.82. The molecule has 38 heavy (non-hydrogen) atoms. The van der Waals surface area contributed by atoms with Gasteiger partial charge < -0.3 is 4.18 Å². The van der Waals surface area contributed by atoms with Gasteiger partial charge in [-0.15, -0.1) is 0 Å². The van der Waals surface area contributed by atoms with Crippen LogP contribution in [0.5, 0.6) is 0 Å². The van der Waals surface area contributed by atoms with Gasteiger partial charge in [0.05, 0.1) is 33.4 Å². The monoisotopic (exact) mass is 586 g/mol. The molecule has 0 radical (unpaired) electrons. The Hall–Kier alpha value is -2.88. The van der Waals surface area contributed by atoms with Crippen molar-refractivity contribution in [2.75, 3.05) is 6.54 Å². The maximum absolute atomic E-state index is 12.6. The van der Waals surface area contributed by atoms with Gasteiger partial charge in [0.25, 0.3) is 0 Å². The summed E-state index contributed by atoms with van der Waals surface area (Å²) < 4.78 is 33.1. The number of hydrogen-bond acceptors (Lipinski definition) is 6. The molecule has 4 rings (SSSR count). The largest absolute Gasteiger partial charge is 0.391 e. The van der Waals surface area contributed by atoms with Crippen LogP contribution < -0.4 is 4.72 Å². The molecule has 0 fully saturated rings. The average Bonchev–Trinajstić information content (AvgIpc) is 2.89. The lowest BCUT2D eigenvalue weighted by molar-refractivity contribution is -0.130. The van der Waals surface area contributed by atoms with Crippen molar-refractivity contribution in [1.82, 2.24) is 9.71 Å². The zero-order valence-electron chi connectivity index (χ0n) is 20.3. The van der Waals surface area contributed by atoms with E-state index in [0.29, 0.717) is 16.5 Å². The van der Waals surface area contributed by atoms with E-state index < -0.39 is 16.0 Å². The van der Waals surface area contributed by atoms with Crippen molar-refractivity contribution >= 4 is 74.3 Å². The first-order valence-corrected chi connectivity index (χ1v) is 14.7. The fraction of sp³-hybridized carbons (Fsp3) is 0.143. The molecule has 0 aliphatic rings. The van der Waals surface area contributed by atoms with Crippen molar-refractivity contribution in [3.8, 4) is 0 Å². The van der Waals surface area contributed by atoms with Gasteiger partial charge in [0.15, 0.2) is 0 Å². The summed E-state index contributed by atoms with van der Waals surface area (Å²) in [6, 6.07) is 23.2. The molecule has 0 aliphatic carbocycles. The molecule has 1 heterocycles. The summed E-state index contributed by atoms with van der Waals surface area (Å²) >= 11 is 13.0. The molecule has 0 saturated carbocycles. The van der Waals surface area contributed by atoms with E-state index in [2.05, 4.69) is 9.71 Å². The molecule has 6 nitrogen and oxygen atoms in total. The van der Waals surface area contributed by atoms with Crippen LogP contribution in [-0.2, 0) is 19.0 Å². The molecule has 3 aromatic carbocycles. The molecule has 196 valence electrons. The Kier molecular flexibility index (Phi) is 9.46. The minimum absolute atomic E-state index is 0.128. The van der Waals surface area contributed by atoms with Crippen LogP contribution in [0.2, 0.25) is 10.0 Å². The zero-order chi connectivity index (χ0) is 27.1. The molecule has 0 spiro atoms. The number of nitrogens with zero attached hydrogens (tertiary/aromatic N) is 1. The van der Waals surface area contributed by atoms with Crippen molar-refractivity contribution in [1.29, 1.82) is 0 Å². The zero-order valence-corrected chi connectivity index (χ0v) is 23.4. The van der Waals surface area contributed by atoms with Crippen LogP contribution in [0.25, 0.3) is 23.1 Å². The molecule has 0 aliphatic heterocycles. The van der Waals surface area contributed by atoms with Crippen LogP contribution in [0.1, 0.15) is 35.4 Å². The van der Waals surface area contributed by atoms with E-state index in [9.17, 15) is 13.2 Å². The number of rotatable bonds is 10. The van der Waals surface area contributed by atoms with Gasteiger partial charge in [-0.25, -0.2) is 18.1 Å². The quantitative estimate of drug-likeness (QED) is 0.196. The van der Waals surface area contributed by atoms with Crippen LogP contribution >= 0.6 is 35.2 Å². The summed E-state index contributed by atoms with van der Waals surface area (Å²) in [4.78, 5) is 16.2. The molecule has 1 aromatic heterocycles. The number of nitrogens with one attached hydrogen (secondary N) is 1. The Labute approximate surface area is 236 Å². The fourth-order valence-corrected chi connectivity index (χ4v) is 5.72. The highest BCUT2D eigenvalue weighted by molar-refractivity contribution is 7.95. The average molecular weight is 588 g/mol. The van der Waals surface area contributed by atoms with Crippen molar-refractivity contribution in [2.45, 2.75) is 23.5 Å². The van der Waals surface area contributed by atoms with Gasteiger partial charge in [-0.05, 0) is 66.1 Å². The third-order valence-corrected chi connectivity index (χ3v) is 8.54. The van der Waals surface area contributed by atoms with E-state index in [1.54, 1.807) is 0 Å². The molecule has 1 N–H and O–H groups in total. The molecule has 0 saturated heterocycles. The van der Waals surface area contributed by atoms with Crippen LogP contribution in [-0.4, -0.2) is 25.9 Å². The molecule has 1 unspecified atom stereocenters. The van der Waals surface area contributed by atoms with E-state index in [1.807, 2.05) is 66.7 Å². The van der Waals surface area contributed by atoms with E-state index in [4.69, 9.17) is 27.4 Å². The van der Waals surface area contributed by atoms with E-state index in [-0.39, 0.29) is 16.7 Å². The van der Waals surface area contributed by atoms with Crippen LogP contribution in [0, 0.1) is 0 Å². The number of halogens is 2. The van der Waals surface area contributed by atoms with Gasteiger partial charge in [-0.2, -0.15) is 0 Å². The summed E-state index contributed by atoms with van der Waals surface area (Å²) in [7, 11) is -3.70. The van der Waals surface area contributed by atoms with Gasteiger partial charge in [-0.3, -0.25) is 4.79 Å². The molecule has 0 bridgehead atoms. The Bertz CT molecular complexity index is 1580. The smallest absolute Gasteiger partial charge is 0.314 e. The summed E-state index contributed by atoms with van der Waals surface area (Å²) in [5, 5.41) is 1.80. The molecular weight excluding hydrogens is 563 g/mol. The SMILES string of the molecule is CC(=O)OSC(CCNS(=O)(=O)c1ccc(Cl)cc1)c1cccc(/C=C/c2ccc3ccc(Cl)cc3n2)c1. The highest BCUT2D eigenvalue weighted by Gasteiger charge is 2.19. The molecular formula is C28H24Cl2N2O4S2. The second-order valence-electron chi connectivity index (χ2n) is 8.38. The van der Waals surface area contributed by atoms with Crippen molar-refractivity contribution in [3.63, 3.8) is 0 Å². The summed E-state index contributed by atoms with van der Waals surface area (Å²) in [5.41, 5.74) is 3.41. The number of benzene rings is 3. The topological polar surface area (TPSA) is 85.4 Å². The predicted molar refractivity (Wildman–Crippen MR) is 155 cm³/mol. The lowest BCUT2D eigenvalue weighted by Crippen LogP contribution is -2.25. The maximum atomic E-state index is 12.6. The highest BCUT2D eigenvalue weighted by Crippen LogP contribution is 2.33. The van der Waals surface area contributed by atoms with Gasteiger partial charge in [0.2, 0.25) is 10.0 Å². The molecule has 10 heteroatoms. The normalized spacial score (nSPS) is 12.6. The number of sulfonamides is 1. The number of aromatic nitrogens is 1. The minimum Gasteiger partial charge on any atom is -0.391 e. The first-order valence-electron chi connectivity index (χ1n) is 11.6. The van der Waals surface area contributed by atoms with Crippen LogP contribution in [0.3, 0.4) is 0 Å². The van der Waals surface area contributed by atoms with Crippen LogP contribution in [0.15, 0.2) is 83.8 Å². The Morgan fingerprint density at radius 3 is 2.50 bits per heavy atom. The van der Waals surface area contributed by atoms with Crippen molar-refractivity contribution < 1.29 is 17.4 Å². The number of carbonyl (C=O) groups is 1. The van der Waals surface area contributed by atoms with Gasteiger partial charge in [0, 0.05) is 28.9 Å². The van der Waals surface area contributed by atoms with E-state index in [1.165, 1.54) is 31.2 Å². The van der Waals surface area contributed by atoms with Crippen molar-refractivity contribution in [2.24, 2.45) is 0 Å². The van der Waals surface area contributed by atoms with Gasteiger partial charge in [0.1, 0.15) is 0 Å². The summed E-state index contributed by atoms with van der Waals surface area (Å²) in [6.07, 6.45) is 4.25. The second kappa shape index (κ2) is 12.8. The highest BCUT2D eigenvalue weighted by atomic mass is 35.5. The Morgan fingerprint density at radius 2 is 1.74 bits per heavy atom. The van der Waals surface area contributed by atoms with Crippen molar-refractivity contribution in [3.05, 3.63) is 106 Å². The second-order valence-corrected chi connectivity index (χ2v) is 11.9. The lowest BCUT2D eigenvalue weighted by atomic mass is 10.1. The fourth-order valence-electron chi connectivity index (χ4n) is 3.66. The summed E-state index contributed by atoms with van der Waals surface area (Å²) in [5.74, 6) is -0.430. The lowest BCUT2D eigenvalue weighted by Gasteiger charge is -2.16. The first kappa shape index (κ1) is 28.1. The molecule has 4 aromatic rings. The Morgan fingerprint density at radius 1 is 1.00 bits per heavy atom. The first-order chi connectivity index (χ1) is 18.2. The predicted octanol–water partition coefficient (Wildman–Crippen LogP) is 7.33. The van der Waals surface area contributed by atoms with Gasteiger partial charge in [-0.1, -0.05) is 65.7 Å². The van der Waals surface area contributed by atoms with E-state index in [0.717, 1.165) is 39.8 Å². The van der Waals surface area contributed by atoms with Crippen LogP contribution in [0.4, 0.5) is 0 Å². The van der Waals surface area contributed by atoms with Gasteiger partial charge >= 0.3 is 5.97 Å². The standard InChI is InChI=1S/C28H24Cl2N2O4S2/c1-19(33)36-37-28(15-16-31-38(34,35)26-13-9-23(29)10-14-26)22-4-2-3-20(17-22)5-11-25-12-7-21-6-8-24(30)18-27(21)32-25/h2-14,17-18,28,31H,15-16H2,1H3/b11-5+. The minimum atomic E-state index is -3.70. The molecule has 0 amide bonds. The van der Waals surface area contributed by atoms with E-state index >= 15 is 0 Å². The number of carbonyl (C=O) groups excluding carboxylic acids is 1. The maximum Gasteiger partial charge on any atom is 0.314 e. The Balaban J connectivity index is 1.48. The number of pyridine rings is 1. The third-order valence-electron chi connectivity index (χ3n) is 5.51.